The SMILES string of the molecule is NCCC(F)(F)F.O=C(CCCC(F)(F)F)c1ccc(/C=C/C2=NOC(c3cc(Cl)cc(C(F)(F)F)c3)(C(F)(F)F)C2)c2ccccc12.O=C(O)c1ccc(/C=C/C2=NOC(c3cc(Cl)cc(C(F)(F)F)c3)(C(F)(F)F)C2)c2ccccc12. The lowest BCUT2D eigenvalue weighted by Gasteiger charge is -2.30. The number of alkyl halides is 18. The van der Waals surface area contributed by atoms with Crippen LogP contribution in [0.5, 0.6) is 0 Å². The zero-order valence-corrected chi connectivity index (χ0v) is 43.3. The minimum absolute atomic E-state index is 0.0526. The molecule has 0 amide bonds. The molecule has 0 saturated carbocycles. The number of carbonyl (C=O) groups is 2. The van der Waals surface area contributed by atoms with Gasteiger partial charge in [-0.1, -0.05) is 112 Å². The lowest BCUT2D eigenvalue weighted by molar-refractivity contribution is -0.276. The number of Topliss-reactive ketones (excluding diaryl/α,β-unsaturated/α-hetero) is 1. The van der Waals surface area contributed by atoms with Gasteiger partial charge in [-0.3, -0.25) is 4.79 Å². The van der Waals surface area contributed by atoms with E-state index >= 15 is 0 Å². The van der Waals surface area contributed by atoms with Crippen LogP contribution < -0.4 is 5.73 Å². The molecule has 0 saturated heterocycles. The van der Waals surface area contributed by atoms with Crippen molar-refractivity contribution in [2.24, 2.45) is 16.0 Å². The minimum atomic E-state index is -5.17. The van der Waals surface area contributed by atoms with E-state index in [1.54, 1.807) is 48.5 Å². The van der Waals surface area contributed by atoms with Gasteiger partial charge in [-0.25, -0.2) is 4.79 Å². The molecule has 3 N–H and O–H groups in total. The molecule has 0 aromatic heterocycles. The zero-order chi connectivity index (χ0) is 61.7. The van der Waals surface area contributed by atoms with Gasteiger partial charge in [0.1, 0.15) is 0 Å². The highest BCUT2D eigenvalue weighted by atomic mass is 35.5. The van der Waals surface area contributed by atoms with Gasteiger partial charge >= 0.3 is 43.0 Å². The first-order valence-electron chi connectivity index (χ1n) is 23.8. The van der Waals surface area contributed by atoms with Crippen LogP contribution in [0.25, 0.3) is 33.7 Å². The second-order valence-corrected chi connectivity index (χ2v) is 19.2. The van der Waals surface area contributed by atoms with E-state index in [4.69, 9.17) is 32.9 Å². The summed E-state index contributed by atoms with van der Waals surface area (Å²) in [6, 6.07) is 22.0. The highest BCUT2D eigenvalue weighted by molar-refractivity contribution is 6.31. The van der Waals surface area contributed by atoms with E-state index in [2.05, 4.69) is 16.0 Å². The topological polar surface area (TPSA) is 124 Å². The van der Waals surface area contributed by atoms with Crippen LogP contribution in [0, 0.1) is 0 Å². The molecule has 6 aromatic rings. The second-order valence-electron chi connectivity index (χ2n) is 18.3. The molecule has 2 atom stereocenters. The van der Waals surface area contributed by atoms with E-state index in [-0.39, 0.29) is 41.9 Å². The Labute approximate surface area is 467 Å². The maximum atomic E-state index is 14.2. The Balaban J connectivity index is 0.000000241. The van der Waals surface area contributed by atoms with Crippen LogP contribution in [-0.2, 0) is 33.2 Å². The smallest absolute Gasteiger partial charge is 0.435 e. The summed E-state index contributed by atoms with van der Waals surface area (Å²) in [7, 11) is 0. The molecule has 444 valence electrons. The summed E-state index contributed by atoms with van der Waals surface area (Å²) in [6.45, 7) is -0.316. The molecule has 8 nitrogen and oxygen atoms in total. The Kier molecular flexibility index (Phi) is 19.4. The number of rotatable bonds is 12. The number of carboxylic acids is 1. The summed E-state index contributed by atoms with van der Waals surface area (Å²) in [4.78, 5) is 33.6. The van der Waals surface area contributed by atoms with Crippen molar-refractivity contribution < 1.29 is 103 Å². The van der Waals surface area contributed by atoms with Crippen molar-refractivity contribution in [1.29, 1.82) is 0 Å². The Morgan fingerprint density at radius 3 is 1.27 bits per heavy atom. The van der Waals surface area contributed by atoms with E-state index in [0.717, 1.165) is 12.1 Å². The number of ketones is 1. The number of carbonyl (C=O) groups excluding carboxylic acids is 1. The van der Waals surface area contributed by atoms with E-state index in [1.165, 1.54) is 48.6 Å². The summed E-state index contributed by atoms with van der Waals surface area (Å²) < 4.78 is 235. The van der Waals surface area contributed by atoms with E-state index in [1.807, 2.05) is 0 Å². The molecule has 0 radical (unpaired) electrons. The number of halogens is 20. The van der Waals surface area contributed by atoms with Gasteiger partial charge in [0, 0.05) is 59.0 Å². The van der Waals surface area contributed by atoms with Crippen LogP contribution in [0.15, 0.2) is 132 Å². The Hall–Kier alpha value is -7.32. The van der Waals surface area contributed by atoms with Crippen molar-refractivity contribution in [3.8, 4) is 0 Å². The molecule has 83 heavy (non-hydrogen) atoms. The van der Waals surface area contributed by atoms with Crippen molar-refractivity contribution >= 4 is 80.1 Å². The van der Waals surface area contributed by atoms with Gasteiger partial charge in [-0.05, 0) is 93.7 Å². The van der Waals surface area contributed by atoms with Crippen LogP contribution in [0.3, 0.4) is 0 Å². The van der Waals surface area contributed by atoms with E-state index in [9.17, 15) is 93.7 Å². The number of oxime groups is 2. The van der Waals surface area contributed by atoms with Crippen molar-refractivity contribution in [3.05, 3.63) is 176 Å². The second kappa shape index (κ2) is 24.9. The number of aromatic carboxylic acids is 1. The predicted molar refractivity (Wildman–Crippen MR) is 272 cm³/mol. The summed E-state index contributed by atoms with van der Waals surface area (Å²) >= 11 is 11.4. The van der Waals surface area contributed by atoms with Crippen molar-refractivity contribution in [3.63, 3.8) is 0 Å². The quantitative estimate of drug-likeness (QED) is 0.0929. The first kappa shape index (κ1) is 64.8. The maximum absolute atomic E-state index is 14.2. The summed E-state index contributed by atoms with van der Waals surface area (Å²) in [5, 5.41) is 17.1. The monoisotopic (exact) mass is 1230 g/mol. The van der Waals surface area contributed by atoms with Crippen LogP contribution in [0.2, 0.25) is 10.0 Å². The van der Waals surface area contributed by atoms with E-state index in [0.29, 0.717) is 56.9 Å². The standard InChI is InChI=1S/C28H19ClF9NO2.C24H14ClF6NO3.C3H6F3N/c29-19-13-17(12-18(14-19)27(33,34)35)25(28(36,37)38)15-20(39-41-25)9-7-16-8-10-23(22-5-2-1-4-21(16)22)24(40)6-3-11-26(30,31)32;25-16-10-14(9-15(11-16)23(26,27)28)22(24(29,30)31)12-17(32-35-22)7-5-13-6-8-20(21(33)34)19-4-2-1-3-18(13)19;4-3(5,6)1-2-7/h1-2,4-5,7-10,12-14H,3,6,11,15H2;1-11H,12H2,(H,33,34);1-2,7H2/b9-7+;7-5+;. The molecule has 2 aliphatic rings. The molecular weight excluding hydrogens is 1200 g/mol. The predicted octanol–water partition coefficient (Wildman–Crippen LogP) is 18.0. The number of hydrogen-bond donors (Lipinski definition) is 2. The van der Waals surface area contributed by atoms with Crippen molar-refractivity contribution in [2.75, 3.05) is 6.54 Å². The molecule has 2 aliphatic heterocycles. The Morgan fingerprint density at radius 1 is 0.530 bits per heavy atom. The third kappa shape index (κ3) is 15.9. The number of fused-ring (bicyclic) bond motifs is 2. The van der Waals surface area contributed by atoms with Crippen LogP contribution in [0.4, 0.5) is 79.0 Å². The number of carboxylic acid groups (broad SMARTS) is 1. The minimum Gasteiger partial charge on any atom is -0.478 e. The number of nitrogens with zero attached hydrogens (tertiary/aromatic N) is 2. The van der Waals surface area contributed by atoms with Gasteiger partial charge in [0.15, 0.2) is 5.78 Å². The number of hydrogen-bond acceptors (Lipinski definition) is 7. The fraction of sp³-hybridized carbons (Fsp3) is 0.273. The fourth-order valence-electron chi connectivity index (χ4n) is 8.49. The van der Waals surface area contributed by atoms with Gasteiger partial charge < -0.3 is 20.5 Å². The van der Waals surface area contributed by atoms with Crippen molar-refractivity contribution in [1.82, 2.24) is 0 Å². The van der Waals surface area contributed by atoms with Gasteiger partial charge in [-0.2, -0.15) is 79.0 Å². The highest BCUT2D eigenvalue weighted by Crippen LogP contribution is 2.52. The lowest BCUT2D eigenvalue weighted by Crippen LogP contribution is -2.42. The maximum Gasteiger partial charge on any atom is 0.435 e. The van der Waals surface area contributed by atoms with Gasteiger partial charge in [0.2, 0.25) is 0 Å². The fourth-order valence-corrected chi connectivity index (χ4v) is 8.96. The van der Waals surface area contributed by atoms with Crippen molar-refractivity contribution in [2.45, 2.75) is 86.8 Å². The van der Waals surface area contributed by atoms with Crippen LogP contribution in [0.1, 0.15) is 92.6 Å². The molecule has 0 aliphatic carbocycles. The average molecular weight is 1230 g/mol. The molecule has 28 heteroatoms. The lowest BCUT2D eigenvalue weighted by atomic mass is 9.87. The third-order valence-corrected chi connectivity index (χ3v) is 12.9. The average Bonchev–Trinajstić information content (AvgIpc) is 4.29. The third-order valence-electron chi connectivity index (χ3n) is 12.4. The molecule has 0 fully saturated rings. The van der Waals surface area contributed by atoms with Gasteiger partial charge in [-0.15, -0.1) is 0 Å². The first-order chi connectivity index (χ1) is 38.4. The molecule has 0 spiro atoms. The molecular formula is C55H39Cl2F18N3O5. The summed E-state index contributed by atoms with van der Waals surface area (Å²) in [5.74, 6) is -1.63. The normalized spacial score (nSPS) is 17.8. The van der Waals surface area contributed by atoms with E-state index < -0.39 is 118 Å². The summed E-state index contributed by atoms with van der Waals surface area (Å²) in [6.07, 6.45) is -27.9. The molecule has 0 bridgehead atoms. The van der Waals surface area contributed by atoms with Gasteiger partial charge in [0.25, 0.3) is 11.2 Å². The number of nitrogens with two attached hydrogens (primary N) is 1. The molecule has 6 aromatic carbocycles. The molecule has 8 rings (SSSR count). The highest BCUT2D eigenvalue weighted by Gasteiger charge is 2.63. The Morgan fingerprint density at radius 2 is 0.916 bits per heavy atom. The zero-order valence-electron chi connectivity index (χ0n) is 41.8. The molecule has 2 unspecified atom stereocenters. The largest absolute Gasteiger partial charge is 0.478 e. The number of allylic oxidation sites excluding steroid dienone is 2. The number of benzene rings is 6. The summed E-state index contributed by atoms with van der Waals surface area (Å²) in [5.41, 5.74) is -5.41. The molecule has 2 heterocycles. The van der Waals surface area contributed by atoms with Gasteiger partial charge in [0.05, 0.1) is 34.5 Å². The van der Waals surface area contributed by atoms with Crippen LogP contribution in [-0.4, -0.2) is 59.5 Å². The Bertz CT molecular complexity index is 3500. The first-order valence-corrected chi connectivity index (χ1v) is 24.5. The van der Waals surface area contributed by atoms with Crippen LogP contribution >= 0.6 is 23.2 Å².